The lowest BCUT2D eigenvalue weighted by Gasteiger charge is -2.39. The van der Waals surface area contributed by atoms with Gasteiger partial charge in [0.1, 0.15) is 5.69 Å². The topological polar surface area (TPSA) is 37.3 Å². The number of hydrogen-bond acceptors (Lipinski definition) is 2. The summed E-state index contributed by atoms with van der Waals surface area (Å²) in [4.78, 5) is 14.5. The molecule has 1 aromatic rings. The summed E-state index contributed by atoms with van der Waals surface area (Å²) in [6.45, 7) is 7.95. The Bertz CT molecular complexity index is 414. The van der Waals surface area contributed by atoms with Gasteiger partial charge in [-0.3, -0.25) is 4.79 Å². The van der Waals surface area contributed by atoms with E-state index in [1.165, 1.54) is 0 Å². The number of carbonyl (C=O) groups excluding carboxylic acids is 1. The van der Waals surface area contributed by atoms with Crippen molar-refractivity contribution >= 4 is 5.91 Å². The number of piperazine rings is 1. The van der Waals surface area contributed by atoms with Gasteiger partial charge in [-0.2, -0.15) is 0 Å². The fraction of sp³-hybridized carbons (Fsp3) is 0.615. The van der Waals surface area contributed by atoms with E-state index in [1.807, 2.05) is 35.6 Å². The van der Waals surface area contributed by atoms with Gasteiger partial charge in [0.05, 0.1) is 0 Å². The Morgan fingerprint density at radius 3 is 2.35 bits per heavy atom. The molecule has 1 saturated heterocycles. The van der Waals surface area contributed by atoms with Crippen molar-refractivity contribution in [3.63, 3.8) is 0 Å². The Kier molecular flexibility index (Phi) is 3.24. The number of aryl methyl sites for hydroxylation is 1. The highest BCUT2D eigenvalue weighted by atomic mass is 16.2. The number of nitrogens with zero attached hydrogens (tertiary/aromatic N) is 2. The normalized spacial score (nSPS) is 25.1. The summed E-state index contributed by atoms with van der Waals surface area (Å²) in [5.74, 6) is 0.141. The number of carbonyl (C=O) groups is 1. The Balaban J connectivity index is 2.27. The lowest BCUT2D eigenvalue weighted by molar-refractivity contribution is 0.0534. The summed E-state index contributed by atoms with van der Waals surface area (Å²) >= 11 is 0. The molecule has 1 fully saturated rings. The van der Waals surface area contributed by atoms with E-state index in [4.69, 9.17) is 0 Å². The third-order valence-corrected chi connectivity index (χ3v) is 3.66. The van der Waals surface area contributed by atoms with E-state index in [-0.39, 0.29) is 18.0 Å². The highest BCUT2D eigenvalue weighted by molar-refractivity contribution is 5.93. The van der Waals surface area contributed by atoms with Crippen molar-refractivity contribution < 1.29 is 4.79 Å². The van der Waals surface area contributed by atoms with Gasteiger partial charge in [-0.05, 0) is 32.9 Å². The fourth-order valence-electron chi connectivity index (χ4n) is 2.49. The van der Waals surface area contributed by atoms with Crippen LogP contribution in [0.2, 0.25) is 0 Å². The van der Waals surface area contributed by atoms with Gasteiger partial charge >= 0.3 is 0 Å². The molecule has 2 heterocycles. The minimum absolute atomic E-state index is 0.141. The fourth-order valence-corrected chi connectivity index (χ4v) is 2.49. The van der Waals surface area contributed by atoms with Crippen LogP contribution in [0.4, 0.5) is 0 Å². The second-order valence-electron chi connectivity index (χ2n) is 4.99. The number of aromatic nitrogens is 1. The largest absolute Gasteiger partial charge is 0.344 e. The first-order chi connectivity index (χ1) is 8.02. The molecule has 94 valence electrons. The van der Waals surface area contributed by atoms with E-state index >= 15 is 0 Å². The number of nitrogens with one attached hydrogen (secondary N) is 1. The van der Waals surface area contributed by atoms with Crippen LogP contribution in [0.1, 0.15) is 30.0 Å². The number of hydrogen-bond donors (Lipinski definition) is 1. The molecule has 1 N–H and O–H groups in total. The highest BCUT2D eigenvalue weighted by Crippen LogP contribution is 2.16. The van der Waals surface area contributed by atoms with Crippen molar-refractivity contribution in [2.75, 3.05) is 13.1 Å². The molecule has 0 saturated carbocycles. The lowest BCUT2D eigenvalue weighted by atomic mass is 10.1. The van der Waals surface area contributed by atoms with E-state index in [2.05, 4.69) is 19.2 Å². The van der Waals surface area contributed by atoms with Gasteiger partial charge in [-0.15, -0.1) is 0 Å². The van der Waals surface area contributed by atoms with Crippen molar-refractivity contribution in [2.24, 2.45) is 7.05 Å². The van der Waals surface area contributed by atoms with Gasteiger partial charge in [0.15, 0.2) is 0 Å². The van der Waals surface area contributed by atoms with Crippen LogP contribution >= 0.6 is 0 Å². The summed E-state index contributed by atoms with van der Waals surface area (Å²) < 4.78 is 1.96. The lowest BCUT2D eigenvalue weighted by Crippen LogP contribution is -2.57. The zero-order valence-corrected chi connectivity index (χ0v) is 11.0. The first-order valence-corrected chi connectivity index (χ1v) is 6.18. The molecule has 4 heteroatoms. The summed E-state index contributed by atoms with van der Waals surface area (Å²) in [7, 11) is 1.94. The van der Waals surface area contributed by atoms with Crippen molar-refractivity contribution in [1.82, 2.24) is 14.8 Å². The van der Waals surface area contributed by atoms with Gasteiger partial charge in [0, 0.05) is 37.9 Å². The maximum atomic E-state index is 12.5. The second kappa shape index (κ2) is 4.53. The Morgan fingerprint density at radius 2 is 1.88 bits per heavy atom. The molecule has 2 rings (SSSR count). The summed E-state index contributed by atoms with van der Waals surface area (Å²) in [5, 5.41) is 3.34. The first kappa shape index (κ1) is 12.2. The molecule has 2 unspecified atom stereocenters. The molecule has 0 radical (unpaired) electrons. The minimum atomic E-state index is 0.141. The van der Waals surface area contributed by atoms with Gasteiger partial charge < -0.3 is 14.8 Å². The quantitative estimate of drug-likeness (QED) is 0.793. The minimum Gasteiger partial charge on any atom is -0.344 e. The molecule has 2 atom stereocenters. The van der Waals surface area contributed by atoms with Crippen LogP contribution in [-0.4, -0.2) is 40.5 Å². The number of rotatable bonds is 1. The van der Waals surface area contributed by atoms with Crippen LogP contribution in [-0.2, 0) is 7.05 Å². The SMILES string of the molecule is Cc1ccc(C(=O)N2C(C)CNCC2C)n1C. The molecule has 1 aliphatic heterocycles. The van der Waals surface area contributed by atoms with E-state index < -0.39 is 0 Å². The molecule has 1 aliphatic rings. The third kappa shape index (κ3) is 2.09. The van der Waals surface area contributed by atoms with Crippen molar-refractivity contribution in [1.29, 1.82) is 0 Å². The Labute approximate surface area is 103 Å². The molecule has 0 bridgehead atoms. The second-order valence-corrected chi connectivity index (χ2v) is 4.99. The molecular formula is C13H21N3O. The van der Waals surface area contributed by atoms with Crippen molar-refractivity contribution in [2.45, 2.75) is 32.9 Å². The maximum absolute atomic E-state index is 12.5. The monoisotopic (exact) mass is 235 g/mol. The van der Waals surface area contributed by atoms with E-state index in [9.17, 15) is 4.79 Å². The standard InChI is InChI=1S/C13H21N3O/c1-9-5-6-12(15(9)4)13(17)16-10(2)7-14-8-11(16)3/h5-6,10-11,14H,7-8H2,1-4H3. The smallest absolute Gasteiger partial charge is 0.271 e. The van der Waals surface area contributed by atoms with Crippen LogP contribution < -0.4 is 5.32 Å². The van der Waals surface area contributed by atoms with Crippen molar-refractivity contribution in [3.05, 3.63) is 23.5 Å². The molecule has 1 amide bonds. The predicted molar refractivity (Wildman–Crippen MR) is 68.1 cm³/mol. The summed E-state index contributed by atoms with van der Waals surface area (Å²) in [6, 6.07) is 4.41. The molecular weight excluding hydrogens is 214 g/mol. The molecule has 17 heavy (non-hydrogen) atoms. The average molecular weight is 235 g/mol. The van der Waals surface area contributed by atoms with Gasteiger partial charge in [-0.25, -0.2) is 0 Å². The molecule has 0 aromatic carbocycles. The van der Waals surface area contributed by atoms with Gasteiger partial charge in [0.25, 0.3) is 5.91 Å². The zero-order chi connectivity index (χ0) is 12.6. The van der Waals surface area contributed by atoms with Crippen LogP contribution in [0.15, 0.2) is 12.1 Å². The zero-order valence-electron chi connectivity index (χ0n) is 11.0. The number of amides is 1. The Hall–Kier alpha value is -1.29. The van der Waals surface area contributed by atoms with E-state index in [0.29, 0.717) is 0 Å². The highest BCUT2D eigenvalue weighted by Gasteiger charge is 2.30. The molecule has 1 aromatic heterocycles. The average Bonchev–Trinajstić information content (AvgIpc) is 2.59. The molecule has 0 spiro atoms. The third-order valence-electron chi connectivity index (χ3n) is 3.66. The van der Waals surface area contributed by atoms with Crippen molar-refractivity contribution in [3.8, 4) is 0 Å². The van der Waals surface area contributed by atoms with E-state index in [0.717, 1.165) is 24.5 Å². The predicted octanol–water partition coefficient (Wildman–Crippen LogP) is 1.16. The van der Waals surface area contributed by atoms with Crippen LogP contribution in [0.3, 0.4) is 0 Å². The summed E-state index contributed by atoms with van der Waals surface area (Å²) in [5.41, 5.74) is 1.90. The van der Waals surface area contributed by atoms with Gasteiger partial charge in [-0.1, -0.05) is 0 Å². The van der Waals surface area contributed by atoms with E-state index in [1.54, 1.807) is 0 Å². The van der Waals surface area contributed by atoms with Crippen LogP contribution in [0, 0.1) is 6.92 Å². The maximum Gasteiger partial charge on any atom is 0.271 e. The molecule has 4 nitrogen and oxygen atoms in total. The molecule has 0 aliphatic carbocycles. The summed E-state index contributed by atoms with van der Waals surface area (Å²) in [6.07, 6.45) is 0. The van der Waals surface area contributed by atoms with Crippen LogP contribution in [0.5, 0.6) is 0 Å². The van der Waals surface area contributed by atoms with Gasteiger partial charge in [0.2, 0.25) is 0 Å². The van der Waals surface area contributed by atoms with Crippen LogP contribution in [0.25, 0.3) is 0 Å². The first-order valence-electron chi connectivity index (χ1n) is 6.18. The Morgan fingerprint density at radius 1 is 1.29 bits per heavy atom.